The van der Waals surface area contributed by atoms with E-state index in [1.54, 1.807) is 0 Å². The minimum Gasteiger partial charge on any atom is -0.461 e. The summed E-state index contributed by atoms with van der Waals surface area (Å²) in [5, 5.41) is 0. The average molecular weight is 278 g/mol. The number of rotatable bonds is 5. The highest BCUT2D eigenvalue weighted by Gasteiger charge is 2.47. The van der Waals surface area contributed by atoms with E-state index in [4.69, 9.17) is 9.47 Å². The number of allylic oxidation sites excluding steroid dienone is 1. The summed E-state index contributed by atoms with van der Waals surface area (Å²) in [6.07, 6.45) is 11.0. The summed E-state index contributed by atoms with van der Waals surface area (Å²) in [7, 11) is 0. The molecule has 2 aliphatic heterocycles. The van der Waals surface area contributed by atoms with Crippen LogP contribution >= 0.6 is 0 Å². The molecular formula is C17H26O3. The Labute approximate surface area is 122 Å². The van der Waals surface area contributed by atoms with Crippen LogP contribution in [0.25, 0.3) is 0 Å². The lowest BCUT2D eigenvalue weighted by Gasteiger charge is -2.52. The van der Waals surface area contributed by atoms with Crippen LogP contribution < -0.4 is 0 Å². The number of hydrogen-bond donors (Lipinski definition) is 0. The van der Waals surface area contributed by atoms with Crippen LogP contribution in [0.1, 0.15) is 53.4 Å². The first-order chi connectivity index (χ1) is 9.33. The Bertz CT molecular complexity index is 438. The molecule has 3 heteroatoms. The Hall–Kier alpha value is -1.09. The quantitative estimate of drug-likeness (QED) is 0.567. The first kappa shape index (κ1) is 15.3. The fourth-order valence-corrected chi connectivity index (χ4v) is 3.26. The van der Waals surface area contributed by atoms with Crippen molar-refractivity contribution in [1.82, 2.24) is 0 Å². The van der Waals surface area contributed by atoms with Crippen LogP contribution in [-0.4, -0.2) is 23.8 Å². The van der Waals surface area contributed by atoms with Gasteiger partial charge in [0, 0.05) is 12.8 Å². The number of carbonyl (C=O) groups is 1. The molecule has 3 rings (SSSR count). The molecule has 1 fully saturated rings. The van der Waals surface area contributed by atoms with Gasteiger partial charge in [0.2, 0.25) is 0 Å². The van der Waals surface area contributed by atoms with E-state index in [9.17, 15) is 4.79 Å². The molecule has 3 unspecified atom stereocenters. The number of ether oxygens (including phenoxy) is 2. The predicted molar refractivity (Wildman–Crippen MR) is 79.4 cm³/mol. The zero-order chi connectivity index (χ0) is 14.8. The van der Waals surface area contributed by atoms with Crippen LogP contribution in [0.15, 0.2) is 23.8 Å². The number of esters is 1. The summed E-state index contributed by atoms with van der Waals surface area (Å²) in [6.45, 7) is 8.25. The van der Waals surface area contributed by atoms with E-state index in [-0.39, 0.29) is 17.2 Å². The van der Waals surface area contributed by atoms with Gasteiger partial charge in [-0.05, 0) is 52.0 Å². The van der Waals surface area contributed by atoms with Crippen molar-refractivity contribution >= 4 is 5.97 Å². The maximum absolute atomic E-state index is 10.8. The van der Waals surface area contributed by atoms with Crippen molar-refractivity contribution in [1.29, 1.82) is 0 Å². The SMILES string of the molecule is CC(=O)OCC(C)=CCCC1(C)OC2(C)C=CC1CC2. The third-order valence-electron chi connectivity index (χ3n) is 4.52. The lowest BCUT2D eigenvalue weighted by atomic mass is 9.71. The molecule has 2 heterocycles. The summed E-state index contributed by atoms with van der Waals surface area (Å²) in [5.41, 5.74) is 0.978. The second-order valence-corrected chi connectivity index (χ2v) is 6.60. The van der Waals surface area contributed by atoms with Crippen molar-refractivity contribution in [2.75, 3.05) is 6.61 Å². The van der Waals surface area contributed by atoms with E-state index in [0.717, 1.165) is 24.8 Å². The minimum atomic E-state index is -0.226. The van der Waals surface area contributed by atoms with Gasteiger partial charge in [0.15, 0.2) is 0 Å². The predicted octanol–water partition coefficient (Wildman–Crippen LogP) is 3.79. The van der Waals surface area contributed by atoms with Crippen LogP contribution in [0.4, 0.5) is 0 Å². The molecule has 0 aromatic rings. The molecule has 0 N–H and O–H groups in total. The molecule has 1 saturated heterocycles. The fourth-order valence-electron chi connectivity index (χ4n) is 3.26. The second kappa shape index (κ2) is 5.72. The van der Waals surface area contributed by atoms with Crippen LogP contribution in [0.5, 0.6) is 0 Å². The Balaban J connectivity index is 1.86. The molecule has 20 heavy (non-hydrogen) atoms. The molecule has 0 saturated carbocycles. The monoisotopic (exact) mass is 278 g/mol. The van der Waals surface area contributed by atoms with Crippen LogP contribution in [0.2, 0.25) is 0 Å². The van der Waals surface area contributed by atoms with Gasteiger partial charge in [0.05, 0.1) is 11.2 Å². The number of hydrogen-bond acceptors (Lipinski definition) is 3. The van der Waals surface area contributed by atoms with Gasteiger partial charge < -0.3 is 9.47 Å². The van der Waals surface area contributed by atoms with Gasteiger partial charge in [-0.2, -0.15) is 0 Å². The molecule has 0 aromatic carbocycles. The lowest BCUT2D eigenvalue weighted by molar-refractivity contribution is -0.184. The van der Waals surface area contributed by atoms with Gasteiger partial charge in [-0.15, -0.1) is 0 Å². The molecule has 0 spiro atoms. The lowest BCUT2D eigenvalue weighted by Crippen LogP contribution is -2.52. The van der Waals surface area contributed by atoms with E-state index >= 15 is 0 Å². The normalized spacial score (nSPS) is 36.2. The maximum atomic E-state index is 10.8. The Morgan fingerprint density at radius 3 is 2.75 bits per heavy atom. The van der Waals surface area contributed by atoms with Gasteiger partial charge in [-0.3, -0.25) is 4.79 Å². The first-order valence-electron chi connectivity index (χ1n) is 7.52. The van der Waals surface area contributed by atoms with Crippen LogP contribution in [0.3, 0.4) is 0 Å². The van der Waals surface area contributed by atoms with Crippen molar-refractivity contribution in [3.05, 3.63) is 23.8 Å². The first-order valence-corrected chi connectivity index (χ1v) is 7.52. The number of carbonyl (C=O) groups excluding carboxylic acids is 1. The third-order valence-corrected chi connectivity index (χ3v) is 4.52. The van der Waals surface area contributed by atoms with E-state index in [1.165, 1.54) is 13.3 Å². The molecule has 3 atom stereocenters. The van der Waals surface area contributed by atoms with E-state index < -0.39 is 0 Å². The highest BCUT2D eigenvalue weighted by atomic mass is 16.5. The van der Waals surface area contributed by atoms with Crippen molar-refractivity contribution in [2.45, 2.75) is 64.6 Å². The van der Waals surface area contributed by atoms with E-state index in [1.807, 2.05) is 6.92 Å². The highest BCUT2D eigenvalue weighted by Crippen LogP contribution is 2.47. The van der Waals surface area contributed by atoms with Gasteiger partial charge in [-0.25, -0.2) is 0 Å². The van der Waals surface area contributed by atoms with Crippen LogP contribution in [0, 0.1) is 5.92 Å². The van der Waals surface area contributed by atoms with Gasteiger partial charge in [0.25, 0.3) is 0 Å². The molecule has 0 aromatic heterocycles. The smallest absolute Gasteiger partial charge is 0.302 e. The standard InChI is InChI=1S/C17H26O3/c1-13(12-19-14(2)18)6-5-9-17(4)15-7-10-16(3,20-17)11-8-15/h6-7,10,15H,5,8-9,11-12H2,1-4H3. The average Bonchev–Trinajstić information content (AvgIpc) is 2.36. The van der Waals surface area contributed by atoms with Crippen molar-refractivity contribution in [3.8, 4) is 0 Å². The minimum absolute atomic E-state index is 0.0556. The second-order valence-electron chi connectivity index (χ2n) is 6.60. The van der Waals surface area contributed by atoms with Gasteiger partial charge in [0.1, 0.15) is 6.61 Å². The van der Waals surface area contributed by atoms with E-state index in [0.29, 0.717) is 12.5 Å². The van der Waals surface area contributed by atoms with Crippen molar-refractivity contribution in [2.24, 2.45) is 5.92 Å². The van der Waals surface area contributed by atoms with E-state index in [2.05, 4.69) is 32.1 Å². The zero-order valence-electron chi connectivity index (χ0n) is 13.1. The zero-order valence-corrected chi connectivity index (χ0v) is 13.1. The molecule has 112 valence electrons. The summed E-state index contributed by atoms with van der Waals surface area (Å²) in [5.74, 6) is 0.308. The summed E-state index contributed by atoms with van der Waals surface area (Å²) >= 11 is 0. The largest absolute Gasteiger partial charge is 0.461 e. The van der Waals surface area contributed by atoms with Crippen molar-refractivity contribution in [3.63, 3.8) is 0 Å². The Morgan fingerprint density at radius 1 is 1.45 bits per heavy atom. The number of fused-ring (bicyclic) bond motifs is 2. The molecule has 1 aliphatic carbocycles. The summed E-state index contributed by atoms with van der Waals surface area (Å²) in [4.78, 5) is 10.8. The fraction of sp³-hybridized carbons (Fsp3) is 0.706. The molecule has 0 radical (unpaired) electrons. The summed E-state index contributed by atoms with van der Waals surface area (Å²) in [6, 6.07) is 0. The summed E-state index contributed by atoms with van der Waals surface area (Å²) < 4.78 is 11.3. The van der Waals surface area contributed by atoms with Gasteiger partial charge >= 0.3 is 5.97 Å². The van der Waals surface area contributed by atoms with Gasteiger partial charge in [-0.1, -0.05) is 18.2 Å². The molecule has 2 bridgehead atoms. The molecule has 0 amide bonds. The highest BCUT2D eigenvalue weighted by molar-refractivity contribution is 5.66. The molecule has 3 nitrogen and oxygen atoms in total. The third kappa shape index (κ3) is 3.51. The van der Waals surface area contributed by atoms with Crippen molar-refractivity contribution < 1.29 is 14.3 Å². The maximum Gasteiger partial charge on any atom is 0.302 e. The Kier molecular flexibility index (Phi) is 4.38. The molecular weight excluding hydrogens is 252 g/mol. The molecule has 3 aliphatic rings. The Morgan fingerprint density at radius 2 is 2.20 bits per heavy atom. The van der Waals surface area contributed by atoms with Crippen LogP contribution in [-0.2, 0) is 14.3 Å². The topological polar surface area (TPSA) is 35.5 Å².